The van der Waals surface area contributed by atoms with Crippen molar-refractivity contribution >= 4 is 34.8 Å². The van der Waals surface area contributed by atoms with Gasteiger partial charge < -0.3 is 15.1 Å². The minimum absolute atomic E-state index is 0.0450. The van der Waals surface area contributed by atoms with E-state index < -0.39 is 4.92 Å². The molecule has 2 aromatic carbocycles. The molecule has 0 radical (unpaired) electrons. The van der Waals surface area contributed by atoms with Crippen LogP contribution in [0.5, 0.6) is 0 Å². The van der Waals surface area contributed by atoms with E-state index in [2.05, 4.69) is 5.32 Å². The normalized spacial score (nSPS) is 18.8. The van der Waals surface area contributed by atoms with E-state index in [4.69, 9.17) is 0 Å². The molecule has 0 spiro atoms. The lowest BCUT2D eigenvalue weighted by atomic mass is 9.94. The molecule has 9 heteroatoms. The summed E-state index contributed by atoms with van der Waals surface area (Å²) in [5.74, 6) is -0.957. The van der Waals surface area contributed by atoms with Crippen LogP contribution < -0.4 is 10.2 Å². The summed E-state index contributed by atoms with van der Waals surface area (Å²) < 4.78 is 0. The van der Waals surface area contributed by atoms with E-state index in [1.165, 1.54) is 12.1 Å². The summed E-state index contributed by atoms with van der Waals surface area (Å²) in [7, 11) is 0. The Morgan fingerprint density at radius 2 is 1.71 bits per heavy atom. The molecule has 1 N–H and O–H groups in total. The van der Waals surface area contributed by atoms with Gasteiger partial charge >= 0.3 is 0 Å². The molecule has 0 aromatic heterocycles. The Balaban J connectivity index is 1.32. The topological polar surface area (TPSA) is 113 Å². The third kappa shape index (κ3) is 4.93. The molecule has 2 heterocycles. The lowest BCUT2D eigenvalue weighted by Crippen LogP contribution is -2.44. The number of amides is 3. The van der Waals surface area contributed by atoms with Crippen LogP contribution in [0.4, 0.5) is 17.1 Å². The highest BCUT2D eigenvalue weighted by molar-refractivity contribution is 6.00. The van der Waals surface area contributed by atoms with Gasteiger partial charge in [0, 0.05) is 49.8 Å². The summed E-state index contributed by atoms with van der Waals surface area (Å²) in [5, 5.41) is 13.8. The minimum atomic E-state index is -0.493. The van der Waals surface area contributed by atoms with Crippen LogP contribution in [0.3, 0.4) is 0 Å². The van der Waals surface area contributed by atoms with Crippen molar-refractivity contribution in [3.63, 3.8) is 0 Å². The van der Waals surface area contributed by atoms with Gasteiger partial charge in [-0.1, -0.05) is 23.8 Å². The Morgan fingerprint density at radius 3 is 2.35 bits per heavy atom. The Morgan fingerprint density at radius 1 is 1.03 bits per heavy atom. The summed E-state index contributed by atoms with van der Waals surface area (Å²) in [4.78, 5) is 52.3. The molecule has 2 aliphatic heterocycles. The summed E-state index contributed by atoms with van der Waals surface area (Å²) in [6, 6.07) is 12.1. The number of carbonyl (C=O) groups is 3. The van der Waals surface area contributed by atoms with Gasteiger partial charge in [-0.25, -0.2) is 0 Å². The lowest BCUT2D eigenvalue weighted by molar-refractivity contribution is -0.384. The van der Waals surface area contributed by atoms with Crippen LogP contribution in [0.2, 0.25) is 0 Å². The molecule has 9 nitrogen and oxygen atoms in total. The SMILES string of the molecule is Cc1ccc(N2CC(C(=O)N3CCC(C(=O)Nc4cc([N+](=O)[O-])ccc4C)CC3)CC2=O)cc1. The maximum atomic E-state index is 13.1. The average Bonchev–Trinajstić information content (AvgIpc) is 3.22. The minimum Gasteiger partial charge on any atom is -0.342 e. The van der Waals surface area contributed by atoms with Crippen molar-refractivity contribution in [1.82, 2.24) is 4.90 Å². The molecule has 2 fully saturated rings. The van der Waals surface area contributed by atoms with E-state index in [0.29, 0.717) is 38.2 Å². The highest BCUT2D eigenvalue weighted by Gasteiger charge is 2.38. The molecule has 0 aliphatic carbocycles. The van der Waals surface area contributed by atoms with Gasteiger partial charge in [-0.3, -0.25) is 24.5 Å². The summed E-state index contributed by atoms with van der Waals surface area (Å²) in [6.07, 6.45) is 1.21. The number of piperidine rings is 1. The molecule has 0 bridgehead atoms. The number of nitro benzene ring substituents is 1. The van der Waals surface area contributed by atoms with Crippen molar-refractivity contribution in [2.24, 2.45) is 11.8 Å². The first-order chi connectivity index (χ1) is 16.2. The van der Waals surface area contributed by atoms with Crippen LogP contribution in [0.25, 0.3) is 0 Å². The second-order valence-corrected chi connectivity index (χ2v) is 9.09. The average molecular weight is 465 g/mol. The van der Waals surface area contributed by atoms with Crippen molar-refractivity contribution in [1.29, 1.82) is 0 Å². The number of benzene rings is 2. The Hall–Kier alpha value is -3.75. The van der Waals surface area contributed by atoms with Gasteiger partial charge in [-0.15, -0.1) is 0 Å². The lowest BCUT2D eigenvalue weighted by Gasteiger charge is -2.33. The molecule has 2 aliphatic rings. The van der Waals surface area contributed by atoms with Crippen LogP contribution in [0, 0.1) is 35.8 Å². The molecular weight excluding hydrogens is 436 g/mol. The molecule has 2 aromatic rings. The smallest absolute Gasteiger partial charge is 0.271 e. The fourth-order valence-corrected chi connectivity index (χ4v) is 4.56. The number of carbonyl (C=O) groups excluding carboxylic acids is 3. The summed E-state index contributed by atoms with van der Waals surface area (Å²) in [6.45, 7) is 5.02. The molecule has 3 amide bonds. The van der Waals surface area contributed by atoms with Crippen molar-refractivity contribution in [3.05, 3.63) is 63.7 Å². The zero-order valence-corrected chi connectivity index (χ0v) is 19.3. The van der Waals surface area contributed by atoms with E-state index in [9.17, 15) is 24.5 Å². The highest BCUT2D eigenvalue weighted by atomic mass is 16.6. The van der Waals surface area contributed by atoms with Gasteiger partial charge in [0.05, 0.1) is 16.5 Å². The number of hydrogen-bond donors (Lipinski definition) is 1. The van der Waals surface area contributed by atoms with Gasteiger partial charge in [0.25, 0.3) is 5.69 Å². The fourth-order valence-electron chi connectivity index (χ4n) is 4.56. The molecule has 2 saturated heterocycles. The van der Waals surface area contributed by atoms with Crippen LogP contribution in [0.1, 0.15) is 30.4 Å². The van der Waals surface area contributed by atoms with Gasteiger partial charge in [0.1, 0.15) is 0 Å². The quantitative estimate of drug-likeness (QED) is 0.538. The van der Waals surface area contributed by atoms with Crippen LogP contribution in [-0.2, 0) is 14.4 Å². The second kappa shape index (κ2) is 9.62. The van der Waals surface area contributed by atoms with E-state index in [1.54, 1.807) is 22.8 Å². The number of nitrogens with one attached hydrogen (secondary N) is 1. The number of non-ortho nitro benzene ring substituents is 1. The maximum Gasteiger partial charge on any atom is 0.271 e. The monoisotopic (exact) mass is 464 g/mol. The van der Waals surface area contributed by atoms with Crippen LogP contribution >= 0.6 is 0 Å². The number of nitro groups is 1. The first-order valence-electron chi connectivity index (χ1n) is 11.4. The number of rotatable bonds is 5. The molecule has 4 rings (SSSR count). The van der Waals surface area contributed by atoms with Crippen molar-refractivity contribution in [2.45, 2.75) is 33.1 Å². The second-order valence-electron chi connectivity index (χ2n) is 9.09. The first-order valence-corrected chi connectivity index (χ1v) is 11.4. The number of nitrogens with zero attached hydrogens (tertiary/aromatic N) is 3. The number of aryl methyl sites for hydroxylation is 2. The Labute approximate surface area is 197 Å². The number of anilines is 2. The van der Waals surface area contributed by atoms with E-state index >= 15 is 0 Å². The van der Waals surface area contributed by atoms with Crippen molar-refractivity contribution < 1.29 is 19.3 Å². The van der Waals surface area contributed by atoms with Gasteiger partial charge in [-0.05, 0) is 44.4 Å². The van der Waals surface area contributed by atoms with Crippen molar-refractivity contribution in [3.8, 4) is 0 Å². The molecule has 178 valence electrons. The molecule has 0 saturated carbocycles. The predicted octanol–water partition coefficient (Wildman–Crippen LogP) is 3.44. The van der Waals surface area contributed by atoms with E-state index in [1.807, 2.05) is 31.2 Å². The highest BCUT2D eigenvalue weighted by Crippen LogP contribution is 2.29. The predicted molar refractivity (Wildman–Crippen MR) is 127 cm³/mol. The Bertz CT molecular complexity index is 1120. The van der Waals surface area contributed by atoms with E-state index in [-0.39, 0.29) is 41.7 Å². The number of hydrogen-bond acceptors (Lipinski definition) is 5. The van der Waals surface area contributed by atoms with Crippen LogP contribution in [-0.4, -0.2) is 47.2 Å². The fraction of sp³-hybridized carbons (Fsp3) is 0.400. The third-order valence-corrected chi connectivity index (χ3v) is 6.69. The molecular formula is C25H28N4O5. The molecule has 34 heavy (non-hydrogen) atoms. The third-order valence-electron chi connectivity index (χ3n) is 6.69. The zero-order chi connectivity index (χ0) is 24.4. The summed E-state index contributed by atoms with van der Waals surface area (Å²) in [5.41, 5.74) is 3.01. The largest absolute Gasteiger partial charge is 0.342 e. The van der Waals surface area contributed by atoms with Gasteiger partial charge in [0.15, 0.2) is 0 Å². The van der Waals surface area contributed by atoms with Gasteiger partial charge in [-0.2, -0.15) is 0 Å². The summed E-state index contributed by atoms with van der Waals surface area (Å²) >= 11 is 0. The first kappa shape index (κ1) is 23.4. The number of likely N-dealkylation sites (tertiary alicyclic amines) is 1. The molecule has 1 atom stereocenters. The molecule has 1 unspecified atom stereocenters. The van der Waals surface area contributed by atoms with Crippen molar-refractivity contribution in [2.75, 3.05) is 29.9 Å². The zero-order valence-electron chi connectivity index (χ0n) is 19.3. The maximum absolute atomic E-state index is 13.1. The van der Waals surface area contributed by atoms with Crippen LogP contribution in [0.15, 0.2) is 42.5 Å². The standard InChI is InChI=1S/C25H28N4O5/c1-16-3-6-20(7-4-16)28-15-19(13-23(28)30)25(32)27-11-9-18(10-12-27)24(31)26-22-14-21(29(33)34)8-5-17(22)2/h3-8,14,18-19H,9-13,15H2,1-2H3,(H,26,31). The Kier molecular flexibility index (Phi) is 6.63. The van der Waals surface area contributed by atoms with E-state index in [0.717, 1.165) is 16.8 Å². The van der Waals surface area contributed by atoms with Gasteiger partial charge in [0.2, 0.25) is 17.7 Å².